The molecular formula is C27H24N4O3S3. The monoisotopic (exact) mass is 548 g/mol. The summed E-state index contributed by atoms with van der Waals surface area (Å²) in [5, 5.41) is 3.22. The molecule has 37 heavy (non-hydrogen) atoms. The quantitative estimate of drug-likeness (QED) is 0.237. The highest BCUT2D eigenvalue weighted by atomic mass is 32.2. The summed E-state index contributed by atoms with van der Waals surface area (Å²) >= 11 is 2.76. The predicted molar refractivity (Wildman–Crippen MR) is 150 cm³/mol. The first-order chi connectivity index (χ1) is 17.9. The molecule has 1 aromatic heterocycles. The van der Waals surface area contributed by atoms with Gasteiger partial charge in [-0.05, 0) is 48.6 Å². The van der Waals surface area contributed by atoms with Crippen LogP contribution < -0.4 is 9.62 Å². The van der Waals surface area contributed by atoms with E-state index in [1.165, 1.54) is 10.5 Å². The number of anilines is 2. The topological polar surface area (TPSA) is 92.3 Å². The Bertz CT molecular complexity index is 1590. The van der Waals surface area contributed by atoms with E-state index in [0.717, 1.165) is 33.5 Å². The van der Waals surface area contributed by atoms with Gasteiger partial charge in [-0.15, -0.1) is 11.8 Å². The molecule has 10 heteroatoms. The summed E-state index contributed by atoms with van der Waals surface area (Å²) in [4.78, 5) is 22.5. The van der Waals surface area contributed by atoms with Gasteiger partial charge in [0.25, 0.3) is 10.0 Å². The SMILES string of the molecule is CSc1cccc(NC(=O)CSc2ncc3c(n2)-c2ccccc2N(Cc2ccccc2C)S3(=O)=O)c1. The molecule has 1 aliphatic rings. The summed E-state index contributed by atoms with van der Waals surface area (Å²) in [5.74, 6) is -0.0992. The number of aromatic nitrogens is 2. The van der Waals surface area contributed by atoms with Gasteiger partial charge in [-0.25, -0.2) is 18.4 Å². The number of sulfonamides is 1. The molecule has 2 heterocycles. The van der Waals surface area contributed by atoms with E-state index in [-0.39, 0.29) is 23.1 Å². The maximum Gasteiger partial charge on any atom is 0.268 e. The number of carbonyl (C=O) groups is 1. The molecule has 188 valence electrons. The van der Waals surface area contributed by atoms with Crippen LogP contribution in [0, 0.1) is 6.92 Å². The second-order valence-corrected chi connectivity index (χ2v) is 12.0. The van der Waals surface area contributed by atoms with Crippen LogP contribution in [-0.4, -0.2) is 36.3 Å². The van der Waals surface area contributed by atoms with Crippen molar-refractivity contribution in [2.24, 2.45) is 0 Å². The van der Waals surface area contributed by atoms with Crippen molar-refractivity contribution in [1.29, 1.82) is 0 Å². The molecule has 1 amide bonds. The summed E-state index contributed by atoms with van der Waals surface area (Å²) in [6.07, 6.45) is 3.32. The molecular weight excluding hydrogens is 525 g/mol. The van der Waals surface area contributed by atoms with Crippen molar-refractivity contribution in [3.8, 4) is 11.3 Å². The maximum absolute atomic E-state index is 13.7. The lowest BCUT2D eigenvalue weighted by Gasteiger charge is -2.31. The van der Waals surface area contributed by atoms with Gasteiger partial charge in [-0.3, -0.25) is 9.10 Å². The van der Waals surface area contributed by atoms with Gasteiger partial charge in [0.15, 0.2) is 5.16 Å². The zero-order valence-corrected chi connectivity index (χ0v) is 22.7. The first kappa shape index (κ1) is 25.3. The molecule has 0 saturated carbocycles. The Balaban J connectivity index is 1.40. The number of benzene rings is 3. The molecule has 0 aliphatic carbocycles. The van der Waals surface area contributed by atoms with Gasteiger partial charge >= 0.3 is 0 Å². The van der Waals surface area contributed by atoms with E-state index < -0.39 is 10.0 Å². The third-order valence-electron chi connectivity index (χ3n) is 5.99. The Morgan fingerprint density at radius 1 is 1.03 bits per heavy atom. The van der Waals surface area contributed by atoms with Crippen LogP contribution in [0.2, 0.25) is 0 Å². The first-order valence-electron chi connectivity index (χ1n) is 11.5. The van der Waals surface area contributed by atoms with Crippen molar-refractivity contribution in [2.75, 3.05) is 21.6 Å². The fourth-order valence-electron chi connectivity index (χ4n) is 4.09. The maximum atomic E-state index is 13.7. The lowest BCUT2D eigenvalue weighted by Crippen LogP contribution is -2.34. The van der Waals surface area contributed by atoms with E-state index in [9.17, 15) is 13.2 Å². The third-order valence-corrected chi connectivity index (χ3v) is 9.34. The number of carbonyl (C=O) groups excluding carboxylic acids is 1. The van der Waals surface area contributed by atoms with Crippen LogP contribution in [0.5, 0.6) is 0 Å². The van der Waals surface area contributed by atoms with E-state index in [1.54, 1.807) is 17.8 Å². The molecule has 7 nitrogen and oxygen atoms in total. The normalized spacial score (nSPS) is 13.5. The standard InChI is InChI=1S/C27H24N4O3S3/c1-18-8-3-4-9-19(18)16-31-23-13-6-5-12-22(23)26-24(37(31,33)34)15-28-27(30-26)36-17-25(32)29-20-10-7-11-21(14-20)35-2/h3-15H,16-17H2,1-2H3,(H,29,32). The van der Waals surface area contributed by atoms with E-state index in [4.69, 9.17) is 0 Å². The summed E-state index contributed by atoms with van der Waals surface area (Å²) in [6, 6.07) is 22.7. The lowest BCUT2D eigenvalue weighted by atomic mass is 10.1. The van der Waals surface area contributed by atoms with Crippen LogP contribution in [-0.2, 0) is 21.4 Å². The number of para-hydroxylation sites is 1. The number of thioether (sulfide) groups is 2. The minimum absolute atomic E-state index is 0.0578. The zero-order chi connectivity index (χ0) is 26.0. The number of aryl methyl sites for hydroxylation is 1. The molecule has 0 saturated heterocycles. The van der Waals surface area contributed by atoms with E-state index in [1.807, 2.05) is 79.9 Å². The molecule has 1 N–H and O–H groups in total. The van der Waals surface area contributed by atoms with E-state index in [0.29, 0.717) is 22.1 Å². The van der Waals surface area contributed by atoms with Crippen LogP contribution in [0.15, 0.2) is 93.9 Å². The molecule has 0 unspecified atom stereocenters. The lowest BCUT2D eigenvalue weighted by molar-refractivity contribution is -0.113. The van der Waals surface area contributed by atoms with Gasteiger partial charge in [0.2, 0.25) is 5.91 Å². The largest absolute Gasteiger partial charge is 0.325 e. The average Bonchev–Trinajstić information content (AvgIpc) is 2.91. The highest BCUT2D eigenvalue weighted by Crippen LogP contribution is 2.43. The Morgan fingerprint density at radius 2 is 1.81 bits per heavy atom. The van der Waals surface area contributed by atoms with Gasteiger partial charge < -0.3 is 5.32 Å². The summed E-state index contributed by atoms with van der Waals surface area (Å²) in [7, 11) is -3.89. The van der Waals surface area contributed by atoms with Crippen LogP contribution in [0.1, 0.15) is 11.1 Å². The second kappa shape index (κ2) is 10.6. The number of hydrogen-bond acceptors (Lipinski definition) is 7. The molecule has 0 radical (unpaired) electrons. The number of nitrogens with zero attached hydrogens (tertiary/aromatic N) is 3. The smallest absolute Gasteiger partial charge is 0.268 e. The number of rotatable bonds is 7. The highest BCUT2D eigenvalue weighted by Gasteiger charge is 2.36. The Hall–Kier alpha value is -3.34. The molecule has 4 aromatic rings. The van der Waals surface area contributed by atoms with Crippen molar-refractivity contribution >= 4 is 50.8 Å². The summed E-state index contributed by atoms with van der Waals surface area (Å²) in [5.41, 5.74) is 4.29. The predicted octanol–water partition coefficient (Wildman–Crippen LogP) is 5.61. The van der Waals surface area contributed by atoms with Gasteiger partial charge in [0, 0.05) is 16.1 Å². The Labute approximate surface area is 224 Å². The van der Waals surface area contributed by atoms with Crippen LogP contribution in [0.25, 0.3) is 11.3 Å². The Morgan fingerprint density at radius 3 is 2.62 bits per heavy atom. The van der Waals surface area contributed by atoms with Crippen molar-refractivity contribution < 1.29 is 13.2 Å². The average molecular weight is 549 g/mol. The molecule has 0 fully saturated rings. The molecule has 5 rings (SSSR count). The third kappa shape index (κ3) is 5.22. The van der Waals surface area contributed by atoms with E-state index in [2.05, 4.69) is 15.3 Å². The molecule has 1 aliphatic heterocycles. The number of amides is 1. The molecule has 0 spiro atoms. The molecule has 0 atom stereocenters. The summed E-state index contributed by atoms with van der Waals surface area (Å²) in [6.45, 7) is 2.17. The fraction of sp³-hybridized carbons (Fsp3) is 0.148. The zero-order valence-electron chi connectivity index (χ0n) is 20.2. The van der Waals surface area contributed by atoms with Crippen molar-refractivity contribution in [3.63, 3.8) is 0 Å². The van der Waals surface area contributed by atoms with Gasteiger partial charge in [-0.2, -0.15) is 0 Å². The van der Waals surface area contributed by atoms with Crippen molar-refractivity contribution in [2.45, 2.75) is 28.4 Å². The van der Waals surface area contributed by atoms with E-state index >= 15 is 0 Å². The number of nitrogens with one attached hydrogen (secondary N) is 1. The number of hydrogen-bond donors (Lipinski definition) is 1. The first-order valence-corrected chi connectivity index (χ1v) is 15.1. The molecule has 3 aromatic carbocycles. The van der Waals surface area contributed by atoms with Crippen LogP contribution in [0.4, 0.5) is 11.4 Å². The van der Waals surface area contributed by atoms with Crippen molar-refractivity contribution in [1.82, 2.24) is 9.97 Å². The Kier molecular flexibility index (Phi) is 7.23. The second-order valence-electron chi connectivity index (χ2n) is 8.39. The fourth-order valence-corrected chi connectivity index (χ4v) is 6.71. The van der Waals surface area contributed by atoms with Crippen molar-refractivity contribution in [3.05, 3.63) is 90.1 Å². The minimum atomic E-state index is -3.89. The molecule has 0 bridgehead atoms. The highest BCUT2D eigenvalue weighted by molar-refractivity contribution is 7.99. The van der Waals surface area contributed by atoms with Crippen LogP contribution in [0.3, 0.4) is 0 Å². The van der Waals surface area contributed by atoms with Gasteiger partial charge in [0.05, 0.1) is 29.9 Å². The summed E-state index contributed by atoms with van der Waals surface area (Å²) < 4.78 is 28.8. The van der Waals surface area contributed by atoms with Crippen LogP contribution >= 0.6 is 23.5 Å². The van der Waals surface area contributed by atoms with Gasteiger partial charge in [0.1, 0.15) is 4.90 Å². The minimum Gasteiger partial charge on any atom is -0.325 e. The number of fused-ring (bicyclic) bond motifs is 3. The van der Waals surface area contributed by atoms with Gasteiger partial charge in [-0.1, -0.05) is 60.3 Å².